The van der Waals surface area contributed by atoms with E-state index in [9.17, 15) is 18.4 Å². The third-order valence-corrected chi connectivity index (χ3v) is 5.77. The standard InChI is InChI=1S/C15H22N4O5S/c1-12(2)15-17(14(20)11-19(21)16-24-3)9-10-18(15)25(22,23)13-7-5-4-6-8-13/h4-8,12,15H,9-11H2,1-3H3/b19-16-. The number of hydrogen-bond acceptors (Lipinski definition) is 6. The molecular formula is C15H22N4O5S. The zero-order valence-electron chi connectivity index (χ0n) is 14.4. The van der Waals surface area contributed by atoms with Crippen LogP contribution in [0, 0.1) is 11.1 Å². The molecule has 1 saturated heterocycles. The van der Waals surface area contributed by atoms with Gasteiger partial charge in [0.25, 0.3) is 12.5 Å². The van der Waals surface area contributed by atoms with Gasteiger partial charge in [0.15, 0.2) is 5.28 Å². The van der Waals surface area contributed by atoms with Crippen LogP contribution in [-0.2, 0) is 19.7 Å². The molecule has 1 unspecified atom stereocenters. The van der Waals surface area contributed by atoms with Gasteiger partial charge in [-0.15, -0.1) is 0 Å². The van der Waals surface area contributed by atoms with Crippen molar-refractivity contribution in [1.29, 1.82) is 0 Å². The van der Waals surface area contributed by atoms with E-state index in [1.807, 2.05) is 13.8 Å². The van der Waals surface area contributed by atoms with E-state index in [-0.39, 0.29) is 28.8 Å². The zero-order chi connectivity index (χ0) is 18.6. The van der Waals surface area contributed by atoms with Gasteiger partial charge in [-0.1, -0.05) is 32.0 Å². The Morgan fingerprint density at radius 1 is 1.36 bits per heavy atom. The minimum absolute atomic E-state index is 0.133. The molecule has 9 nitrogen and oxygen atoms in total. The fourth-order valence-corrected chi connectivity index (χ4v) is 4.64. The van der Waals surface area contributed by atoms with Crippen molar-refractivity contribution in [2.45, 2.75) is 24.9 Å². The first-order valence-electron chi connectivity index (χ1n) is 7.84. The molecule has 0 bridgehead atoms. The summed E-state index contributed by atoms with van der Waals surface area (Å²) >= 11 is 0. The van der Waals surface area contributed by atoms with Crippen LogP contribution < -0.4 is 0 Å². The Balaban J connectivity index is 2.28. The van der Waals surface area contributed by atoms with Gasteiger partial charge in [-0.2, -0.15) is 4.31 Å². The first kappa shape index (κ1) is 19.1. The van der Waals surface area contributed by atoms with Crippen molar-refractivity contribution in [2.75, 3.05) is 26.7 Å². The van der Waals surface area contributed by atoms with E-state index >= 15 is 0 Å². The summed E-state index contributed by atoms with van der Waals surface area (Å²) in [5.41, 5.74) is 0. The molecule has 25 heavy (non-hydrogen) atoms. The van der Waals surface area contributed by atoms with Crippen LogP contribution in [0.3, 0.4) is 0 Å². The van der Waals surface area contributed by atoms with Gasteiger partial charge in [-0.05, 0) is 22.9 Å². The van der Waals surface area contributed by atoms with Crippen molar-refractivity contribution in [3.8, 4) is 0 Å². The SMILES string of the molecule is CO/N=[N+](\[O-])CC(=O)N1CCN(S(=O)(=O)c2ccccc2)C1C(C)C. The summed E-state index contributed by atoms with van der Waals surface area (Å²) in [6.45, 7) is 3.52. The number of hydroxylamine groups is 1. The van der Waals surface area contributed by atoms with Gasteiger partial charge in [0.1, 0.15) is 13.3 Å². The quantitative estimate of drug-likeness (QED) is 0.422. The molecular weight excluding hydrogens is 348 g/mol. The molecule has 10 heteroatoms. The number of benzene rings is 1. The second-order valence-electron chi connectivity index (χ2n) is 5.95. The van der Waals surface area contributed by atoms with Crippen LogP contribution in [0.1, 0.15) is 13.8 Å². The molecule has 138 valence electrons. The molecule has 0 spiro atoms. The van der Waals surface area contributed by atoms with Gasteiger partial charge in [0, 0.05) is 13.1 Å². The lowest BCUT2D eigenvalue weighted by molar-refractivity contribution is -0.547. The molecule has 0 aliphatic carbocycles. The maximum absolute atomic E-state index is 12.9. The highest BCUT2D eigenvalue weighted by Gasteiger charge is 2.44. The summed E-state index contributed by atoms with van der Waals surface area (Å²) in [6, 6.07) is 8.08. The van der Waals surface area contributed by atoms with Crippen molar-refractivity contribution < 1.29 is 22.9 Å². The lowest BCUT2D eigenvalue weighted by Crippen LogP contribution is -2.49. The molecule has 1 amide bonds. The maximum atomic E-state index is 12.9. The molecule has 0 radical (unpaired) electrons. The van der Waals surface area contributed by atoms with Gasteiger partial charge in [0.05, 0.1) is 4.90 Å². The third-order valence-electron chi connectivity index (χ3n) is 3.89. The molecule has 0 N–H and O–H groups in total. The largest absolute Gasteiger partial charge is 0.597 e. The van der Waals surface area contributed by atoms with Crippen LogP contribution >= 0.6 is 0 Å². The van der Waals surface area contributed by atoms with Crippen molar-refractivity contribution in [1.82, 2.24) is 9.21 Å². The Hall–Kier alpha value is -2.20. The van der Waals surface area contributed by atoms with Gasteiger partial charge in [0.2, 0.25) is 10.0 Å². The number of hydrogen-bond donors (Lipinski definition) is 0. The average Bonchev–Trinajstić information content (AvgIpc) is 3.02. The molecule has 2 rings (SSSR count). The van der Waals surface area contributed by atoms with Gasteiger partial charge in [-0.3, -0.25) is 4.79 Å². The van der Waals surface area contributed by atoms with E-state index < -0.39 is 28.6 Å². The molecule has 1 fully saturated rings. The normalized spacial score (nSPS) is 19.4. The molecule has 1 aliphatic heterocycles. The lowest BCUT2D eigenvalue weighted by atomic mass is 10.1. The predicted molar refractivity (Wildman–Crippen MR) is 88.6 cm³/mol. The third kappa shape index (κ3) is 4.07. The van der Waals surface area contributed by atoms with Crippen LogP contribution in [0.2, 0.25) is 0 Å². The second-order valence-corrected chi connectivity index (χ2v) is 7.84. The van der Waals surface area contributed by atoms with Crippen molar-refractivity contribution in [3.05, 3.63) is 35.5 Å². The van der Waals surface area contributed by atoms with Gasteiger partial charge >= 0.3 is 0 Å². The van der Waals surface area contributed by atoms with Crippen LogP contribution in [0.5, 0.6) is 0 Å². The van der Waals surface area contributed by atoms with Crippen LogP contribution in [0.25, 0.3) is 0 Å². The summed E-state index contributed by atoms with van der Waals surface area (Å²) < 4.78 is 27.2. The molecule has 1 heterocycles. The first-order chi connectivity index (χ1) is 11.8. The molecule has 1 aromatic rings. The molecule has 0 saturated carbocycles. The van der Waals surface area contributed by atoms with E-state index in [1.165, 1.54) is 28.4 Å². The Morgan fingerprint density at radius 3 is 2.56 bits per heavy atom. The van der Waals surface area contributed by atoms with E-state index in [2.05, 4.69) is 10.1 Å². The summed E-state index contributed by atoms with van der Waals surface area (Å²) in [4.78, 5) is 18.5. The highest BCUT2D eigenvalue weighted by Crippen LogP contribution is 2.28. The van der Waals surface area contributed by atoms with Gasteiger partial charge in [-0.25, -0.2) is 8.42 Å². The van der Waals surface area contributed by atoms with Crippen LogP contribution in [0.15, 0.2) is 40.5 Å². The monoisotopic (exact) mass is 370 g/mol. The summed E-state index contributed by atoms with van der Waals surface area (Å²) in [5.74, 6) is -0.648. The topological polar surface area (TPSA) is 105 Å². The van der Waals surface area contributed by atoms with Crippen molar-refractivity contribution in [3.63, 3.8) is 0 Å². The Labute approximate surface area is 147 Å². The first-order valence-corrected chi connectivity index (χ1v) is 9.28. The van der Waals surface area contributed by atoms with Crippen LogP contribution in [-0.4, -0.2) is 61.3 Å². The predicted octanol–water partition coefficient (Wildman–Crippen LogP) is 1.03. The Kier molecular flexibility index (Phi) is 5.96. The Morgan fingerprint density at radius 2 is 2.00 bits per heavy atom. The maximum Gasteiger partial charge on any atom is 0.293 e. The second kappa shape index (κ2) is 7.79. The number of amides is 1. The summed E-state index contributed by atoms with van der Waals surface area (Å²) in [5, 5.41) is 14.6. The molecule has 1 aliphatic rings. The minimum Gasteiger partial charge on any atom is -0.597 e. The number of rotatable bonds is 6. The van der Waals surface area contributed by atoms with Crippen molar-refractivity contribution in [2.24, 2.45) is 11.2 Å². The highest BCUT2D eigenvalue weighted by atomic mass is 32.2. The van der Waals surface area contributed by atoms with E-state index in [0.717, 1.165) is 0 Å². The summed E-state index contributed by atoms with van der Waals surface area (Å²) in [6.07, 6.45) is -0.659. The minimum atomic E-state index is -3.74. The fraction of sp³-hybridized carbons (Fsp3) is 0.533. The Bertz CT molecular complexity index is 736. The van der Waals surface area contributed by atoms with E-state index in [1.54, 1.807) is 18.2 Å². The lowest BCUT2D eigenvalue weighted by Gasteiger charge is -2.32. The summed E-state index contributed by atoms with van der Waals surface area (Å²) in [7, 11) is -2.53. The number of carbonyl (C=O) groups excluding carboxylic acids is 1. The number of nitrogens with zero attached hydrogens (tertiary/aromatic N) is 4. The number of sulfonamides is 1. The molecule has 1 atom stereocenters. The zero-order valence-corrected chi connectivity index (χ0v) is 15.2. The molecule has 1 aromatic carbocycles. The fourth-order valence-electron chi connectivity index (χ4n) is 2.91. The van der Waals surface area contributed by atoms with Crippen molar-refractivity contribution >= 4 is 15.9 Å². The van der Waals surface area contributed by atoms with Crippen LogP contribution in [0.4, 0.5) is 0 Å². The number of carbonyl (C=O) groups is 1. The highest BCUT2D eigenvalue weighted by molar-refractivity contribution is 7.89. The molecule has 0 aromatic heterocycles. The van der Waals surface area contributed by atoms with E-state index in [0.29, 0.717) is 0 Å². The van der Waals surface area contributed by atoms with E-state index in [4.69, 9.17) is 0 Å². The smallest absolute Gasteiger partial charge is 0.293 e. The average molecular weight is 370 g/mol. The van der Waals surface area contributed by atoms with Gasteiger partial charge < -0.3 is 14.9 Å².